The molecule has 0 heterocycles. The van der Waals surface area contributed by atoms with Crippen LogP contribution in [0.4, 0.5) is 5.69 Å². The van der Waals surface area contributed by atoms with E-state index in [1.807, 2.05) is 6.07 Å². The number of ether oxygens (including phenoxy) is 1. The summed E-state index contributed by atoms with van der Waals surface area (Å²) < 4.78 is 4.36. The highest BCUT2D eigenvalue weighted by Crippen LogP contribution is 2.19. The summed E-state index contributed by atoms with van der Waals surface area (Å²) in [6, 6.07) is 7.08. The van der Waals surface area contributed by atoms with Crippen LogP contribution in [0, 0.1) is 0 Å². The van der Waals surface area contributed by atoms with E-state index < -0.39 is 5.97 Å². The summed E-state index contributed by atoms with van der Waals surface area (Å²) in [7, 11) is 1.28. The van der Waals surface area contributed by atoms with Gasteiger partial charge in [0.25, 0.3) is 0 Å². The van der Waals surface area contributed by atoms with Crippen molar-refractivity contribution in [1.82, 2.24) is 0 Å². The molecule has 0 saturated heterocycles. The number of hydrazone groups is 1. The molecule has 1 aromatic carbocycles. The van der Waals surface area contributed by atoms with Crippen molar-refractivity contribution in [3.05, 3.63) is 29.3 Å². The van der Waals surface area contributed by atoms with Gasteiger partial charge in [-0.3, -0.25) is 5.43 Å². The second kappa shape index (κ2) is 5.24. The normalized spacial score (nSPS) is 10.1. The first-order valence-electron chi connectivity index (χ1n) is 3.85. The molecule has 0 unspecified atom stereocenters. The molecular weight excluding hydrogens is 204 g/mol. The zero-order valence-electron chi connectivity index (χ0n) is 7.53. The number of anilines is 1. The minimum absolute atomic E-state index is 0.524. The smallest absolute Gasteiger partial charge is 0.350 e. The van der Waals surface area contributed by atoms with Crippen molar-refractivity contribution in [2.45, 2.75) is 0 Å². The fraction of sp³-hybridized carbons (Fsp3) is 0.111. The molecule has 0 aliphatic heterocycles. The Morgan fingerprint density at radius 3 is 2.93 bits per heavy atom. The molecule has 0 amide bonds. The molecule has 74 valence electrons. The first-order valence-corrected chi connectivity index (χ1v) is 4.23. The lowest BCUT2D eigenvalue weighted by molar-refractivity contribution is -0.132. The van der Waals surface area contributed by atoms with Crippen LogP contribution >= 0.6 is 11.6 Å². The predicted molar refractivity (Wildman–Crippen MR) is 55.6 cm³/mol. The Morgan fingerprint density at radius 1 is 1.57 bits per heavy atom. The van der Waals surface area contributed by atoms with Crippen LogP contribution in [0.2, 0.25) is 5.02 Å². The highest BCUT2D eigenvalue weighted by molar-refractivity contribution is 6.33. The molecule has 0 radical (unpaired) electrons. The van der Waals surface area contributed by atoms with Gasteiger partial charge in [-0.25, -0.2) is 4.79 Å². The summed E-state index contributed by atoms with van der Waals surface area (Å²) >= 11 is 5.82. The van der Waals surface area contributed by atoms with Crippen LogP contribution < -0.4 is 5.43 Å². The van der Waals surface area contributed by atoms with Gasteiger partial charge in [0.05, 0.1) is 17.8 Å². The van der Waals surface area contributed by atoms with E-state index in [9.17, 15) is 4.79 Å². The average molecular weight is 213 g/mol. The third-order valence-electron chi connectivity index (χ3n) is 1.43. The molecule has 14 heavy (non-hydrogen) atoms. The van der Waals surface area contributed by atoms with E-state index in [1.165, 1.54) is 7.11 Å². The van der Waals surface area contributed by atoms with Crippen molar-refractivity contribution in [1.29, 1.82) is 0 Å². The molecule has 1 rings (SSSR count). The molecule has 0 bridgehead atoms. The molecule has 0 aromatic heterocycles. The van der Waals surface area contributed by atoms with Gasteiger partial charge < -0.3 is 4.74 Å². The zero-order chi connectivity index (χ0) is 10.4. The van der Waals surface area contributed by atoms with Crippen molar-refractivity contribution in [2.75, 3.05) is 12.5 Å². The van der Waals surface area contributed by atoms with Crippen LogP contribution in [0.3, 0.4) is 0 Å². The Bertz CT molecular complexity index is 352. The fourth-order valence-electron chi connectivity index (χ4n) is 0.759. The summed E-state index contributed by atoms with van der Waals surface area (Å²) in [5, 5.41) is 4.18. The molecule has 4 nitrogen and oxygen atoms in total. The van der Waals surface area contributed by atoms with E-state index in [1.54, 1.807) is 18.2 Å². The van der Waals surface area contributed by atoms with Gasteiger partial charge >= 0.3 is 5.97 Å². The molecule has 0 aliphatic carbocycles. The Morgan fingerprint density at radius 2 is 2.29 bits per heavy atom. The largest absolute Gasteiger partial charge is 0.465 e. The van der Waals surface area contributed by atoms with Crippen molar-refractivity contribution in [2.24, 2.45) is 5.10 Å². The van der Waals surface area contributed by atoms with Crippen LogP contribution in [0.5, 0.6) is 0 Å². The van der Waals surface area contributed by atoms with Crippen LogP contribution in [0.15, 0.2) is 29.4 Å². The van der Waals surface area contributed by atoms with Crippen molar-refractivity contribution in [3.8, 4) is 0 Å². The molecule has 5 heteroatoms. The number of nitrogens with zero attached hydrogens (tertiary/aromatic N) is 1. The minimum Gasteiger partial charge on any atom is -0.465 e. The SMILES string of the molecule is COC(=O)C=NNc1ccccc1Cl. The summed E-state index contributed by atoms with van der Waals surface area (Å²) in [5.74, 6) is -0.524. The first kappa shape index (κ1) is 10.5. The van der Waals surface area contributed by atoms with E-state index in [-0.39, 0.29) is 0 Å². The van der Waals surface area contributed by atoms with Crippen molar-refractivity contribution < 1.29 is 9.53 Å². The molecular formula is C9H9ClN2O2. The quantitative estimate of drug-likeness (QED) is 0.473. The standard InChI is InChI=1S/C9H9ClN2O2/c1-14-9(13)6-11-12-8-5-3-2-4-7(8)10/h2-6,12H,1H3. The highest BCUT2D eigenvalue weighted by Gasteiger charge is 1.96. The third kappa shape index (κ3) is 3.06. The van der Waals surface area contributed by atoms with Gasteiger partial charge in [-0.15, -0.1) is 0 Å². The van der Waals surface area contributed by atoms with Gasteiger partial charge in [-0.1, -0.05) is 23.7 Å². The molecule has 0 saturated carbocycles. The molecule has 0 atom stereocenters. The number of benzene rings is 1. The minimum atomic E-state index is -0.524. The second-order valence-electron chi connectivity index (χ2n) is 2.37. The predicted octanol–water partition coefficient (Wildman–Crippen LogP) is 1.91. The van der Waals surface area contributed by atoms with Gasteiger partial charge in [0, 0.05) is 0 Å². The van der Waals surface area contributed by atoms with E-state index in [2.05, 4.69) is 15.3 Å². The number of esters is 1. The average Bonchev–Trinajstić information content (AvgIpc) is 2.20. The van der Waals surface area contributed by atoms with Crippen molar-refractivity contribution in [3.63, 3.8) is 0 Å². The van der Waals surface area contributed by atoms with Gasteiger partial charge in [-0.05, 0) is 12.1 Å². The first-order chi connectivity index (χ1) is 6.74. The summed E-state index contributed by atoms with van der Waals surface area (Å²) in [5.41, 5.74) is 3.25. The number of carbonyl (C=O) groups is 1. The van der Waals surface area contributed by atoms with Crippen molar-refractivity contribution >= 4 is 29.5 Å². The van der Waals surface area contributed by atoms with E-state index in [0.29, 0.717) is 10.7 Å². The number of hydrogen-bond acceptors (Lipinski definition) is 4. The number of hydrogen-bond donors (Lipinski definition) is 1. The maximum atomic E-state index is 10.6. The highest BCUT2D eigenvalue weighted by atomic mass is 35.5. The number of carbonyl (C=O) groups excluding carboxylic acids is 1. The van der Waals surface area contributed by atoms with Crippen LogP contribution in [0.25, 0.3) is 0 Å². The molecule has 0 fully saturated rings. The fourth-order valence-corrected chi connectivity index (χ4v) is 0.937. The molecule has 0 spiro atoms. The third-order valence-corrected chi connectivity index (χ3v) is 1.76. The van der Waals surface area contributed by atoms with Gasteiger partial charge in [0.15, 0.2) is 0 Å². The number of para-hydroxylation sites is 1. The Hall–Kier alpha value is -1.55. The summed E-state index contributed by atoms with van der Waals surface area (Å²) in [6.45, 7) is 0. The number of halogens is 1. The van der Waals surface area contributed by atoms with Crippen LogP contribution in [-0.4, -0.2) is 19.3 Å². The maximum absolute atomic E-state index is 10.6. The Balaban J connectivity index is 2.58. The Kier molecular flexibility index (Phi) is 3.94. The monoisotopic (exact) mass is 212 g/mol. The zero-order valence-corrected chi connectivity index (χ0v) is 8.28. The lowest BCUT2D eigenvalue weighted by atomic mass is 10.3. The van der Waals surface area contributed by atoms with E-state index in [0.717, 1.165) is 6.21 Å². The summed E-state index contributed by atoms with van der Waals surface area (Å²) in [4.78, 5) is 10.6. The topological polar surface area (TPSA) is 50.7 Å². The van der Waals surface area contributed by atoms with E-state index >= 15 is 0 Å². The van der Waals surface area contributed by atoms with E-state index in [4.69, 9.17) is 11.6 Å². The number of methoxy groups -OCH3 is 1. The van der Waals surface area contributed by atoms with Crippen LogP contribution in [-0.2, 0) is 9.53 Å². The number of nitrogens with one attached hydrogen (secondary N) is 1. The Labute approximate surface area is 86.5 Å². The molecule has 1 N–H and O–H groups in total. The van der Waals surface area contributed by atoms with Crippen LogP contribution in [0.1, 0.15) is 0 Å². The molecule has 1 aromatic rings. The lowest BCUT2D eigenvalue weighted by Crippen LogP contribution is -2.03. The second-order valence-corrected chi connectivity index (χ2v) is 2.78. The molecule has 0 aliphatic rings. The lowest BCUT2D eigenvalue weighted by Gasteiger charge is -2.00. The van der Waals surface area contributed by atoms with Gasteiger partial charge in [-0.2, -0.15) is 5.10 Å². The van der Waals surface area contributed by atoms with Gasteiger partial charge in [0.1, 0.15) is 6.21 Å². The van der Waals surface area contributed by atoms with Gasteiger partial charge in [0.2, 0.25) is 0 Å². The summed E-state index contributed by atoms with van der Waals surface area (Å²) in [6.07, 6.45) is 1.03. The maximum Gasteiger partial charge on any atom is 0.350 e. The number of rotatable bonds is 3.